The Hall–Kier alpha value is -2.29. The summed E-state index contributed by atoms with van der Waals surface area (Å²) in [5, 5.41) is 126. The van der Waals surface area contributed by atoms with E-state index >= 15 is 9.90 Å². The van der Waals surface area contributed by atoms with E-state index in [1.54, 1.807) is 13.8 Å². The Kier molecular flexibility index (Phi) is 18.5. The summed E-state index contributed by atoms with van der Waals surface area (Å²) < 4.78 is 13.8. The number of carbonyl (C=O) groups is 1. The highest BCUT2D eigenvalue weighted by Crippen LogP contribution is 2.77. The number of nitrogens with two attached hydrogens (primary N) is 1. The first-order chi connectivity index (χ1) is 39.7. The van der Waals surface area contributed by atoms with Crippen LogP contribution in [0.1, 0.15) is 188 Å². The van der Waals surface area contributed by atoms with Crippen molar-refractivity contribution in [3.05, 3.63) is 46.8 Å². The van der Waals surface area contributed by atoms with Crippen LogP contribution in [-0.2, 0) is 14.3 Å². The molecule has 0 bridgehead atoms. The molecular weight excluding hydrogens is 1050 g/mol. The van der Waals surface area contributed by atoms with Crippen LogP contribution in [0.15, 0.2) is 46.8 Å². The summed E-state index contributed by atoms with van der Waals surface area (Å²) in [5.74, 6) is -2.59. The predicted octanol–water partition coefficient (Wildman–Crippen LogP) is 5.85. The molecule has 0 amide bonds. The number of allylic oxidation sites excluding steroid dienone is 5. The zero-order chi connectivity index (χ0) is 58.9. The van der Waals surface area contributed by atoms with Gasteiger partial charge in [0.15, 0.2) is 5.78 Å². The van der Waals surface area contributed by atoms with Gasteiger partial charge in [-0.1, -0.05) is 57.3 Å². The maximum atomic E-state index is 16.2. The molecule has 0 radical (unpaired) electrons. The van der Waals surface area contributed by atoms with Crippen LogP contribution in [0.4, 0.5) is 0 Å². The third-order valence-electron chi connectivity index (χ3n) is 24.9. The Morgan fingerprint density at radius 2 is 1.61 bits per heavy atom. The van der Waals surface area contributed by atoms with Gasteiger partial charge >= 0.3 is 0 Å². The van der Waals surface area contributed by atoms with Crippen LogP contribution < -0.4 is 21.7 Å². The Balaban J connectivity index is 1.05. The van der Waals surface area contributed by atoms with Crippen LogP contribution in [0, 0.1) is 70.0 Å². The topological polar surface area (TPSA) is 280 Å². The summed E-state index contributed by atoms with van der Waals surface area (Å²) in [4.78, 5) is 16.2. The molecule has 468 valence electrons. The molecule has 16 heteroatoms. The highest BCUT2D eigenvalue weighted by atomic mass is 16.5. The number of rotatable bonds is 18. The second-order valence-electron chi connectivity index (χ2n) is 29.6. The van der Waals surface area contributed by atoms with E-state index in [-0.39, 0.29) is 93.6 Å². The number of fused-ring (bicyclic) bond motifs is 5. The summed E-state index contributed by atoms with van der Waals surface area (Å²) in [6.45, 7) is 7.26. The quantitative estimate of drug-likeness (QED) is 0.0718. The van der Waals surface area contributed by atoms with E-state index in [9.17, 15) is 40.9 Å². The number of Topliss-reactive ketones (excluding diaryl/α,β-unsaturated/α-hetero) is 1. The fourth-order valence-corrected chi connectivity index (χ4v) is 21.2. The standard InChI is InChI=1S/C67H108N4O12/c1-5-8-40-15-21-47-53(23-16-40)83-61-56(47)50(74)10-6-28-67(61,81)62(3,78)54-26-30-66(80)57-58(70-36-39(2)73)59(77)48-33-51(75)52(76)35-63(48)34-43(46-22-24-55(68)71-49(46)9-7-31-72)25-29-64(79,60(57)63)38-65(54,66)44-17-11-41(12-18-44)27-32-82-45-19-13-42(14-20-45)37-69-4/h22,24-25,29,39-45,47-48,50-56,60-61,69-76,78-81H,5-21,23,26-28,30-38,68H2,1-4H3/t39-,40-,41?,42?,43-,44?,45?,47+,48-,50+,51+,52-,53+,54+,55?,56+,60-,61+,62+,63-,64+,65-,66+,67+/m0/s1. The first-order valence-electron chi connectivity index (χ1n) is 33.5. The number of dihydropyridines is 1. The molecule has 1 saturated heterocycles. The molecule has 11 rings (SSSR count). The molecular formula is C67H108N4O12. The molecule has 16 nitrogen and oxygen atoms in total. The van der Waals surface area contributed by atoms with E-state index in [1.165, 1.54) is 0 Å². The van der Waals surface area contributed by atoms with Crippen molar-refractivity contribution in [1.29, 1.82) is 0 Å². The number of ketones is 1. The molecule has 83 heavy (non-hydrogen) atoms. The highest BCUT2D eigenvalue weighted by molar-refractivity contribution is 6.00. The van der Waals surface area contributed by atoms with E-state index < -0.39 is 99.5 Å². The van der Waals surface area contributed by atoms with Gasteiger partial charge in [0.25, 0.3) is 0 Å². The summed E-state index contributed by atoms with van der Waals surface area (Å²) >= 11 is 0. The lowest BCUT2D eigenvalue weighted by Crippen LogP contribution is -2.74. The van der Waals surface area contributed by atoms with E-state index in [0.717, 1.165) is 101 Å². The molecule has 20 atom stereocenters. The minimum atomic E-state index is -1.96. The van der Waals surface area contributed by atoms with Crippen LogP contribution in [0.2, 0.25) is 0 Å². The maximum absolute atomic E-state index is 16.2. The summed E-state index contributed by atoms with van der Waals surface area (Å²) in [5.41, 5.74) is -1.40. The van der Waals surface area contributed by atoms with Gasteiger partial charge in [0.1, 0.15) is 5.60 Å². The van der Waals surface area contributed by atoms with Crippen molar-refractivity contribution in [1.82, 2.24) is 16.0 Å². The van der Waals surface area contributed by atoms with Crippen molar-refractivity contribution in [2.24, 2.45) is 75.7 Å². The molecule has 8 fully saturated rings. The molecule has 7 saturated carbocycles. The summed E-state index contributed by atoms with van der Waals surface area (Å²) in [6.07, 6.45) is 19.4. The van der Waals surface area contributed by atoms with E-state index in [4.69, 9.17) is 15.2 Å². The molecule has 0 aromatic carbocycles. The first kappa shape index (κ1) is 62.3. The van der Waals surface area contributed by atoms with Gasteiger partial charge in [0.05, 0.1) is 71.4 Å². The largest absolute Gasteiger partial charge is 0.396 e. The number of aliphatic hydroxyl groups excluding tert-OH is 5. The first-order valence-corrected chi connectivity index (χ1v) is 33.5. The lowest BCUT2D eigenvalue weighted by molar-refractivity contribution is -0.276. The van der Waals surface area contributed by atoms with Gasteiger partial charge in [-0.15, -0.1) is 0 Å². The zero-order valence-electron chi connectivity index (χ0n) is 50.7. The number of hydrogen-bond donors (Lipinski definition) is 13. The number of carbonyl (C=O) groups excluding carboxylic acids is 1. The Bertz CT molecular complexity index is 2420. The number of hydrogen-bond acceptors (Lipinski definition) is 16. The molecule has 2 heterocycles. The van der Waals surface area contributed by atoms with Crippen molar-refractivity contribution in [2.45, 2.75) is 259 Å². The average molecular weight is 1160 g/mol. The third kappa shape index (κ3) is 10.8. The van der Waals surface area contributed by atoms with E-state index in [0.29, 0.717) is 68.5 Å². The average Bonchev–Trinajstić information content (AvgIpc) is 1.66. The normalized spacial score (nSPS) is 47.2. The van der Waals surface area contributed by atoms with Crippen molar-refractivity contribution >= 4 is 5.78 Å². The van der Waals surface area contributed by atoms with Gasteiger partial charge in [0.2, 0.25) is 0 Å². The van der Waals surface area contributed by atoms with Crippen molar-refractivity contribution in [3.8, 4) is 0 Å². The van der Waals surface area contributed by atoms with Crippen molar-refractivity contribution in [2.75, 3.05) is 33.4 Å². The molecule has 1 unspecified atom stereocenters. The number of aliphatic hydroxyl groups is 9. The SMILES string of the molecule is CCC[C@H]1CC[C@H]2[C@@H]3[C@H](O)CCC[C@](O)([C@](C)(O)[C@H]4CC[C@@]5(O)C6=C(NC[C@H](C)O)C(=O)[C@@H]7C[C@@H](O)[C@@H](O)C[C@@]78C[C@@H](C7=C(CCCO)NC(N)C=C7)C=C[C@@](O)(C[C@]45C4CCC(CCOC5CCC(CNC)CC5)CC4)[C@@H]68)[C@@H]3O[C@@H]2CC1. The second kappa shape index (κ2) is 24.6. The minimum absolute atomic E-state index is 0.0123. The van der Waals surface area contributed by atoms with Crippen molar-refractivity contribution in [3.63, 3.8) is 0 Å². The van der Waals surface area contributed by atoms with Crippen LogP contribution in [-0.4, -0.2) is 156 Å². The molecule has 14 N–H and O–H groups in total. The van der Waals surface area contributed by atoms with Crippen LogP contribution in [0.5, 0.6) is 0 Å². The molecule has 0 aromatic rings. The van der Waals surface area contributed by atoms with Gasteiger partial charge in [-0.05, 0) is 220 Å². The van der Waals surface area contributed by atoms with Crippen LogP contribution >= 0.6 is 0 Å². The minimum Gasteiger partial charge on any atom is -0.396 e. The molecule has 2 aliphatic heterocycles. The zero-order valence-corrected chi connectivity index (χ0v) is 50.7. The molecule has 9 aliphatic carbocycles. The fourth-order valence-electron chi connectivity index (χ4n) is 21.2. The second-order valence-corrected chi connectivity index (χ2v) is 29.6. The molecule has 0 aromatic heterocycles. The number of nitrogens with one attached hydrogen (secondary N) is 3. The van der Waals surface area contributed by atoms with E-state index in [1.807, 2.05) is 31.4 Å². The molecule has 1 spiro atoms. The Morgan fingerprint density at radius 3 is 2.34 bits per heavy atom. The molecule has 11 aliphatic rings. The van der Waals surface area contributed by atoms with Crippen LogP contribution in [0.25, 0.3) is 0 Å². The van der Waals surface area contributed by atoms with Crippen LogP contribution in [0.3, 0.4) is 0 Å². The van der Waals surface area contributed by atoms with Gasteiger partial charge in [0, 0.05) is 54.5 Å². The summed E-state index contributed by atoms with van der Waals surface area (Å²) in [6, 6.07) is 0. The van der Waals surface area contributed by atoms with Gasteiger partial charge < -0.3 is 77.1 Å². The smallest absolute Gasteiger partial charge is 0.182 e. The fraction of sp³-hybridized carbons (Fsp3) is 0.866. The third-order valence-corrected chi connectivity index (χ3v) is 24.9. The lowest BCUT2D eigenvalue weighted by atomic mass is 9.37. The predicted molar refractivity (Wildman–Crippen MR) is 317 cm³/mol. The number of ether oxygens (including phenoxy) is 2. The van der Waals surface area contributed by atoms with Crippen molar-refractivity contribution < 1.29 is 60.2 Å². The Labute approximate surface area is 495 Å². The van der Waals surface area contributed by atoms with Gasteiger partial charge in [-0.2, -0.15) is 0 Å². The van der Waals surface area contributed by atoms with Gasteiger partial charge in [-0.25, -0.2) is 0 Å². The van der Waals surface area contributed by atoms with Gasteiger partial charge in [-0.3, -0.25) is 4.79 Å². The maximum Gasteiger partial charge on any atom is 0.182 e. The monoisotopic (exact) mass is 1160 g/mol. The summed E-state index contributed by atoms with van der Waals surface area (Å²) in [7, 11) is 2.02. The van der Waals surface area contributed by atoms with E-state index in [2.05, 4.69) is 22.9 Å². The lowest BCUT2D eigenvalue weighted by Gasteiger charge is -2.69. The highest BCUT2D eigenvalue weighted by Gasteiger charge is 2.80. The Morgan fingerprint density at radius 1 is 0.892 bits per heavy atom.